The summed E-state index contributed by atoms with van der Waals surface area (Å²) in [7, 11) is -1.56. The monoisotopic (exact) mass is 314 g/mol. The molecule has 2 atom stereocenters. The van der Waals surface area contributed by atoms with Gasteiger partial charge in [0, 0.05) is 31.5 Å². The van der Waals surface area contributed by atoms with Crippen LogP contribution in [0.25, 0.3) is 0 Å². The van der Waals surface area contributed by atoms with Gasteiger partial charge in [-0.15, -0.1) is 0 Å². The second kappa shape index (κ2) is 6.64. The Morgan fingerprint density at radius 3 is 2.62 bits per heavy atom. The Morgan fingerprint density at radius 2 is 2.05 bits per heavy atom. The minimum atomic E-state index is -3.27. The van der Waals surface area contributed by atoms with Crippen LogP contribution in [-0.2, 0) is 14.8 Å². The Balaban J connectivity index is 2.05. The van der Waals surface area contributed by atoms with E-state index in [1.54, 1.807) is 11.4 Å². The molecule has 0 amide bonds. The summed E-state index contributed by atoms with van der Waals surface area (Å²) in [5.74, 6) is 0.0724. The summed E-state index contributed by atoms with van der Waals surface area (Å²) in [4.78, 5) is 0. The molecule has 0 unspecified atom stereocenters. The Kier molecular flexibility index (Phi) is 5.29. The molecule has 5 nitrogen and oxygen atoms in total. The smallest absolute Gasteiger partial charge is 0.214 e. The van der Waals surface area contributed by atoms with Gasteiger partial charge in [-0.2, -0.15) is 5.26 Å². The van der Waals surface area contributed by atoms with Crippen molar-refractivity contribution in [1.82, 2.24) is 4.31 Å². The van der Waals surface area contributed by atoms with Gasteiger partial charge in [0.15, 0.2) is 0 Å². The summed E-state index contributed by atoms with van der Waals surface area (Å²) >= 11 is 0. The zero-order valence-corrected chi connectivity index (χ0v) is 13.9. The van der Waals surface area contributed by atoms with E-state index in [-0.39, 0.29) is 23.3 Å². The molecule has 0 radical (unpaired) electrons. The van der Waals surface area contributed by atoms with Crippen molar-refractivity contribution >= 4 is 10.0 Å². The van der Waals surface area contributed by atoms with E-state index in [0.717, 1.165) is 19.3 Å². The van der Waals surface area contributed by atoms with Crippen LogP contribution in [0.15, 0.2) is 0 Å². The molecular weight excluding hydrogens is 288 g/mol. The topological polar surface area (TPSA) is 70.4 Å². The van der Waals surface area contributed by atoms with Crippen LogP contribution < -0.4 is 0 Å². The first-order valence-electron chi connectivity index (χ1n) is 7.92. The van der Waals surface area contributed by atoms with Gasteiger partial charge in [-0.3, -0.25) is 0 Å². The molecule has 0 aliphatic heterocycles. The van der Waals surface area contributed by atoms with Gasteiger partial charge in [0.25, 0.3) is 0 Å². The van der Waals surface area contributed by atoms with Crippen LogP contribution in [0.2, 0.25) is 0 Å². The largest absolute Gasteiger partial charge is 0.378 e. The van der Waals surface area contributed by atoms with E-state index >= 15 is 0 Å². The normalized spacial score (nSPS) is 27.7. The number of nitrogens with zero attached hydrogens (tertiary/aromatic N) is 2. The maximum atomic E-state index is 12.4. The lowest BCUT2D eigenvalue weighted by Gasteiger charge is -2.56. The molecule has 2 rings (SSSR count). The highest BCUT2D eigenvalue weighted by Gasteiger charge is 2.59. The lowest BCUT2D eigenvalue weighted by atomic mass is 9.60. The average molecular weight is 314 g/mol. The van der Waals surface area contributed by atoms with Gasteiger partial charge in [-0.1, -0.05) is 12.8 Å². The van der Waals surface area contributed by atoms with E-state index in [2.05, 4.69) is 0 Å². The quantitative estimate of drug-likeness (QED) is 0.676. The summed E-state index contributed by atoms with van der Waals surface area (Å²) in [5, 5.41) is 8.55. The number of nitriles is 1. The third-order valence-electron chi connectivity index (χ3n) is 5.21. The van der Waals surface area contributed by atoms with E-state index < -0.39 is 10.0 Å². The zero-order chi connectivity index (χ0) is 15.5. The molecule has 0 saturated heterocycles. The second-order valence-electron chi connectivity index (χ2n) is 6.23. The van der Waals surface area contributed by atoms with E-state index in [4.69, 9.17) is 10.00 Å². The summed E-state index contributed by atoms with van der Waals surface area (Å²) in [6, 6.07) is 2.08. The summed E-state index contributed by atoms with van der Waals surface area (Å²) in [5.41, 5.74) is 0.0348. The number of hydrogen-bond acceptors (Lipinski definition) is 4. The predicted molar refractivity (Wildman–Crippen MR) is 81.1 cm³/mol. The Bertz CT molecular complexity index is 492. The van der Waals surface area contributed by atoms with E-state index in [9.17, 15) is 8.42 Å². The molecule has 2 saturated carbocycles. The van der Waals surface area contributed by atoms with Gasteiger partial charge in [0.05, 0.1) is 17.9 Å². The van der Waals surface area contributed by atoms with Crippen LogP contribution >= 0.6 is 0 Å². The fraction of sp³-hybridized carbons (Fsp3) is 0.933. The Labute approximate surface area is 128 Å². The van der Waals surface area contributed by atoms with Crippen LogP contribution in [0.4, 0.5) is 0 Å². The number of unbranched alkanes of at least 4 members (excludes halogenated alkanes) is 1. The first-order chi connectivity index (χ1) is 9.98. The van der Waals surface area contributed by atoms with Gasteiger partial charge < -0.3 is 4.74 Å². The van der Waals surface area contributed by atoms with E-state index in [1.165, 1.54) is 12.8 Å². The van der Waals surface area contributed by atoms with Gasteiger partial charge in [0.1, 0.15) is 0 Å². The van der Waals surface area contributed by atoms with Gasteiger partial charge >= 0.3 is 0 Å². The standard InChI is InChI=1S/C15H26N2O3S/c1-3-20-14-12-13(15(14)8-4-5-9-15)17(2)21(18,19)11-7-6-10-16/h13-14H,3-9,11-12H2,1-2H3/t13-,14-/m0/s1. The predicted octanol–water partition coefficient (Wildman–Crippen LogP) is 2.29. The molecule has 1 spiro atoms. The van der Waals surface area contributed by atoms with Crippen molar-refractivity contribution in [2.24, 2.45) is 5.41 Å². The third kappa shape index (κ3) is 3.10. The maximum Gasteiger partial charge on any atom is 0.214 e. The van der Waals surface area contributed by atoms with Crippen molar-refractivity contribution in [3.63, 3.8) is 0 Å². The molecule has 0 aromatic carbocycles. The molecule has 0 N–H and O–H groups in total. The number of hydrogen-bond donors (Lipinski definition) is 0. The number of rotatable bonds is 7. The third-order valence-corrected chi connectivity index (χ3v) is 7.15. The van der Waals surface area contributed by atoms with Crippen LogP contribution in [0.5, 0.6) is 0 Å². The molecule has 2 aliphatic carbocycles. The van der Waals surface area contributed by atoms with Crippen molar-refractivity contribution in [1.29, 1.82) is 5.26 Å². The molecule has 0 aromatic rings. The fourth-order valence-corrected chi connectivity index (χ4v) is 5.51. The maximum absolute atomic E-state index is 12.4. The second-order valence-corrected chi connectivity index (χ2v) is 8.38. The molecule has 6 heteroatoms. The van der Waals surface area contributed by atoms with Crippen molar-refractivity contribution in [3.8, 4) is 6.07 Å². The highest BCUT2D eigenvalue weighted by molar-refractivity contribution is 7.89. The molecule has 120 valence electrons. The first-order valence-corrected chi connectivity index (χ1v) is 9.53. The molecule has 2 aliphatic rings. The average Bonchev–Trinajstić information content (AvgIpc) is 2.95. The van der Waals surface area contributed by atoms with Crippen molar-refractivity contribution in [2.45, 2.75) is 64.0 Å². The highest BCUT2D eigenvalue weighted by atomic mass is 32.2. The SMILES string of the molecule is CCO[C@H]1C[C@H](N(C)S(=O)(=O)CCCC#N)C12CCCC2. The fourth-order valence-electron chi connectivity index (χ4n) is 4.03. The molecule has 0 heterocycles. The zero-order valence-electron chi connectivity index (χ0n) is 13.0. The van der Waals surface area contributed by atoms with Gasteiger partial charge in [0.2, 0.25) is 10.0 Å². The number of sulfonamides is 1. The van der Waals surface area contributed by atoms with E-state index in [0.29, 0.717) is 19.4 Å². The molecular formula is C15H26N2O3S. The summed E-state index contributed by atoms with van der Waals surface area (Å²) < 4.78 is 32.3. The van der Waals surface area contributed by atoms with Crippen molar-refractivity contribution in [3.05, 3.63) is 0 Å². The van der Waals surface area contributed by atoms with Crippen molar-refractivity contribution in [2.75, 3.05) is 19.4 Å². The summed E-state index contributed by atoms with van der Waals surface area (Å²) in [6.45, 7) is 2.69. The lowest BCUT2D eigenvalue weighted by molar-refractivity contribution is -0.145. The molecule has 0 aromatic heterocycles. The van der Waals surface area contributed by atoms with Gasteiger partial charge in [-0.25, -0.2) is 12.7 Å². The first kappa shape index (κ1) is 16.7. The Hall–Kier alpha value is -0.640. The lowest BCUT2D eigenvalue weighted by Crippen LogP contribution is -2.64. The van der Waals surface area contributed by atoms with Gasteiger partial charge in [-0.05, 0) is 32.6 Å². The van der Waals surface area contributed by atoms with E-state index in [1.807, 2.05) is 13.0 Å². The van der Waals surface area contributed by atoms with Crippen LogP contribution in [0, 0.1) is 16.7 Å². The summed E-state index contributed by atoms with van der Waals surface area (Å²) in [6.07, 6.45) is 6.21. The molecule has 2 fully saturated rings. The van der Waals surface area contributed by atoms with Crippen LogP contribution in [0.1, 0.15) is 51.9 Å². The minimum Gasteiger partial charge on any atom is -0.378 e. The molecule has 21 heavy (non-hydrogen) atoms. The Morgan fingerprint density at radius 1 is 1.38 bits per heavy atom. The van der Waals surface area contributed by atoms with Crippen molar-refractivity contribution < 1.29 is 13.2 Å². The number of ether oxygens (including phenoxy) is 1. The molecule has 0 bridgehead atoms. The highest BCUT2D eigenvalue weighted by Crippen LogP contribution is 2.56. The van der Waals surface area contributed by atoms with Crippen LogP contribution in [-0.4, -0.2) is 44.3 Å². The minimum absolute atomic E-state index is 0.0348. The van der Waals surface area contributed by atoms with Crippen LogP contribution in [0.3, 0.4) is 0 Å².